The number of nitrogens with zero attached hydrogens (tertiary/aromatic N) is 2. The molecule has 0 radical (unpaired) electrons. The molecule has 0 aliphatic heterocycles. The molecule has 0 bridgehead atoms. The normalized spacial score (nSPS) is 11.6. The van der Waals surface area contributed by atoms with Crippen molar-refractivity contribution in [2.24, 2.45) is 7.05 Å². The highest BCUT2D eigenvalue weighted by Gasteiger charge is 2.27. The molecule has 0 spiro atoms. The fraction of sp³-hybridized carbons (Fsp3) is 0.600. The Hall–Kier alpha value is -1.09. The number of rotatable bonds is 6. The number of aryl methyl sites for hydroxylation is 1. The molecular weight excluding hydrogens is 331 g/mol. The number of halogens is 4. The highest BCUT2D eigenvalue weighted by atomic mass is 79.9. The second kappa shape index (κ2) is 6.90. The Balaban J connectivity index is 2.31. The predicted octanol–water partition coefficient (Wildman–Crippen LogP) is 1.92. The van der Waals surface area contributed by atoms with Crippen molar-refractivity contribution in [2.45, 2.75) is 12.6 Å². The van der Waals surface area contributed by atoms with E-state index in [0.29, 0.717) is 23.1 Å². The molecule has 0 fully saturated rings. The Morgan fingerprint density at radius 2 is 2.21 bits per heavy atom. The monoisotopic (exact) mass is 343 g/mol. The van der Waals surface area contributed by atoms with Gasteiger partial charge in [0.05, 0.1) is 11.9 Å². The molecule has 19 heavy (non-hydrogen) atoms. The fourth-order valence-corrected chi connectivity index (χ4v) is 1.72. The van der Waals surface area contributed by atoms with Gasteiger partial charge in [0.1, 0.15) is 11.1 Å². The van der Waals surface area contributed by atoms with E-state index in [2.05, 4.69) is 31.1 Å². The van der Waals surface area contributed by atoms with Crippen LogP contribution in [0.2, 0.25) is 0 Å². The fourth-order valence-electron chi connectivity index (χ4n) is 1.22. The third-order valence-corrected chi connectivity index (χ3v) is 2.89. The molecule has 0 aliphatic carbocycles. The lowest BCUT2D eigenvalue weighted by atomic mass is 10.4. The summed E-state index contributed by atoms with van der Waals surface area (Å²) in [5.74, 6) is 0. The van der Waals surface area contributed by atoms with Gasteiger partial charge in [-0.25, -0.2) is 4.68 Å². The van der Waals surface area contributed by atoms with E-state index in [1.54, 1.807) is 0 Å². The van der Waals surface area contributed by atoms with Crippen LogP contribution in [0.3, 0.4) is 0 Å². The van der Waals surface area contributed by atoms with E-state index in [-0.39, 0.29) is 12.2 Å². The van der Waals surface area contributed by atoms with Crippen LogP contribution in [0.4, 0.5) is 18.9 Å². The first-order valence-electron chi connectivity index (χ1n) is 5.41. The Kier molecular flexibility index (Phi) is 5.80. The zero-order chi connectivity index (χ0) is 14.5. The minimum Gasteiger partial charge on any atom is -0.383 e. The molecule has 0 saturated heterocycles. The van der Waals surface area contributed by atoms with E-state index in [1.807, 2.05) is 0 Å². The summed E-state index contributed by atoms with van der Waals surface area (Å²) >= 11 is 3.12. The second-order valence-electron chi connectivity index (χ2n) is 3.75. The zero-order valence-corrected chi connectivity index (χ0v) is 11.7. The van der Waals surface area contributed by atoms with Crippen LogP contribution in [-0.2, 0) is 11.8 Å². The van der Waals surface area contributed by atoms with Gasteiger partial charge in [-0.05, 0) is 22.4 Å². The smallest absolute Gasteiger partial charge is 0.383 e. The van der Waals surface area contributed by atoms with Gasteiger partial charge in [-0.1, -0.05) is 0 Å². The van der Waals surface area contributed by atoms with Crippen molar-refractivity contribution >= 4 is 21.6 Å². The molecule has 0 amide bonds. The molecule has 108 valence electrons. The van der Waals surface area contributed by atoms with Gasteiger partial charge >= 0.3 is 6.18 Å². The highest BCUT2D eigenvalue weighted by molar-refractivity contribution is 9.10. The molecule has 0 aliphatic rings. The lowest BCUT2D eigenvalue weighted by Gasteiger charge is -2.10. The largest absolute Gasteiger partial charge is 0.411 e. The minimum atomic E-state index is -4.30. The van der Waals surface area contributed by atoms with Crippen LogP contribution < -0.4 is 10.9 Å². The van der Waals surface area contributed by atoms with Crippen LogP contribution >= 0.6 is 15.9 Å². The Labute approximate surface area is 115 Å². The average molecular weight is 344 g/mol. The number of alkyl halides is 3. The molecule has 0 atom stereocenters. The highest BCUT2D eigenvalue weighted by Crippen LogP contribution is 2.16. The van der Waals surface area contributed by atoms with E-state index in [4.69, 9.17) is 0 Å². The van der Waals surface area contributed by atoms with E-state index in [9.17, 15) is 18.0 Å². The molecule has 0 unspecified atom stereocenters. The molecule has 9 heteroatoms. The van der Waals surface area contributed by atoms with Crippen LogP contribution in [0.1, 0.15) is 6.42 Å². The molecule has 1 heterocycles. The van der Waals surface area contributed by atoms with Gasteiger partial charge in [-0.3, -0.25) is 4.79 Å². The van der Waals surface area contributed by atoms with Gasteiger partial charge in [0.15, 0.2) is 0 Å². The third-order valence-electron chi connectivity index (χ3n) is 2.12. The first-order valence-corrected chi connectivity index (χ1v) is 6.21. The van der Waals surface area contributed by atoms with Crippen molar-refractivity contribution < 1.29 is 17.9 Å². The van der Waals surface area contributed by atoms with Gasteiger partial charge < -0.3 is 10.1 Å². The van der Waals surface area contributed by atoms with E-state index < -0.39 is 12.8 Å². The molecule has 0 aromatic carbocycles. The Morgan fingerprint density at radius 1 is 1.53 bits per heavy atom. The minimum absolute atomic E-state index is 0.0115. The van der Waals surface area contributed by atoms with Crippen molar-refractivity contribution in [2.75, 3.05) is 25.1 Å². The van der Waals surface area contributed by atoms with Crippen molar-refractivity contribution in [3.8, 4) is 0 Å². The summed E-state index contributed by atoms with van der Waals surface area (Å²) in [5, 5.41) is 6.71. The standard InChI is InChI=1S/C10H13BrF3N3O2/c1-17-9(18)8(11)7(5-16-17)15-3-2-4-19-6-10(12,13)14/h5,15H,2-4,6H2,1H3. The topological polar surface area (TPSA) is 56.1 Å². The quantitative estimate of drug-likeness (QED) is 0.802. The second-order valence-corrected chi connectivity index (χ2v) is 4.54. The summed E-state index contributed by atoms with van der Waals surface area (Å²) in [4.78, 5) is 11.5. The summed E-state index contributed by atoms with van der Waals surface area (Å²) < 4.78 is 41.3. The lowest BCUT2D eigenvalue weighted by molar-refractivity contribution is -0.173. The summed E-state index contributed by atoms with van der Waals surface area (Å²) in [6.07, 6.45) is -2.45. The van der Waals surface area contributed by atoms with Crippen molar-refractivity contribution in [3.05, 3.63) is 21.0 Å². The zero-order valence-electron chi connectivity index (χ0n) is 10.1. The summed E-state index contributed by atoms with van der Waals surface area (Å²) in [7, 11) is 1.52. The average Bonchev–Trinajstić information content (AvgIpc) is 2.32. The maximum absolute atomic E-state index is 11.8. The van der Waals surface area contributed by atoms with Gasteiger partial charge in [0.25, 0.3) is 5.56 Å². The first-order chi connectivity index (χ1) is 8.81. The Morgan fingerprint density at radius 3 is 2.84 bits per heavy atom. The number of aromatic nitrogens is 2. The predicted molar refractivity (Wildman–Crippen MR) is 67.2 cm³/mol. The molecule has 1 aromatic heterocycles. The molecule has 5 nitrogen and oxygen atoms in total. The molecule has 1 aromatic rings. The van der Waals surface area contributed by atoms with Gasteiger partial charge in [-0.15, -0.1) is 0 Å². The first kappa shape index (κ1) is 16.0. The number of anilines is 1. The van der Waals surface area contributed by atoms with Crippen LogP contribution in [0.15, 0.2) is 15.5 Å². The number of nitrogens with one attached hydrogen (secondary N) is 1. The maximum Gasteiger partial charge on any atom is 0.411 e. The number of hydrogen-bond donors (Lipinski definition) is 1. The molecule has 1 N–H and O–H groups in total. The summed E-state index contributed by atoms with van der Waals surface area (Å²) in [6.45, 7) is -0.877. The van der Waals surface area contributed by atoms with E-state index >= 15 is 0 Å². The summed E-state index contributed by atoms with van der Waals surface area (Å²) in [5.41, 5.74) is 0.206. The summed E-state index contributed by atoms with van der Waals surface area (Å²) in [6, 6.07) is 0. The van der Waals surface area contributed by atoms with Crippen LogP contribution in [0.25, 0.3) is 0 Å². The lowest BCUT2D eigenvalue weighted by Crippen LogP contribution is -2.22. The van der Waals surface area contributed by atoms with Gasteiger partial charge in [-0.2, -0.15) is 18.3 Å². The van der Waals surface area contributed by atoms with Gasteiger partial charge in [0, 0.05) is 20.2 Å². The van der Waals surface area contributed by atoms with Crippen LogP contribution in [-0.4, -0.2) is 35.7 Å². The third kappa shape index (κ3) is 5.60. The van der Waals surface area contributed by atoms with E-state index in [1.165, 1.54) is 17.9 Å². The van der Waals surface area contributed by atoms with Crippen molar-refractivity contribution in [1.82, 2.24) is 9.78 Å². The van der Waals surface area contributed by atoms with Crippen LogP contribution in [0, 0.1) is 0 Å². The van der Waals surface area contributed by atoms with E-state index in [0.717, 1.165) is 0 Å². The molecular formula is C10H13BrF3N3O2. The maximum atomic E-state index is 11.8. The van der Waals surface area contributed by atoms with Crippen molar-refractivity contribution in [3.63, 3.8) is 0 Å². The van der Waals surface area contributed by atoms with Crippen molar-refractivity contribution in [1.29, 1.82) is 0 Å². The Bertz CT molecular complexity index is 476. The SMILES string of the molecule is Cn1ncc(NCCCOCC(F)(F)F)c(Br)c1=O. The van der Waals surface area contributed by atoms with Gasteiger partial charge in [0.2, 0.25) is 0 Å². The number of ether oxygens (including phenoxy) is 1. The van der Waals surface area contributed by atoms with Crippen LogP contribution in [0.5, 0.6) is 0 Å². The molecule has 1 rings (SSSR count). The molecule has 0 saturated carbocycles. The number of hydrogen-bond acceptors (Lipinski definition) is 4.